The Hall–Kier alpha value is -1.86. The van der Waals surface area contributed by atoms with E-state index in [2.05, 4.69) is 4.42 Å². The van der Waals surface area contributed by atoms with Gasteiger partial charge in [-0.25, -0.2) is 4.79 Å². The summed E-state index contributed by atoms with van der Waals surface area (Å²) in [7, 11) is -4.60. The zero-order valence-electron chi connectivity index (χ0n) is 7.75. The van der Waals surface area contributed by atoms with Gasteiger partial charge in [-0.1, -0.05) is 0 Å². The standard InChI is InChI=1S/C9H6O6S/c10-6-2-1-5-3-8(16(12,13)14)9(11)15-7(5)4-6/h1-4,10H,(H,12,13,14). The Bertz CT molecular complexity index is 712. The zero-order valence-corrected chi connectivity index (χ0v) is 8.56. The normalized spacial score (nSPS) is 11.8. The van der Waals surface area contributed by atoms with Gasteiger partial charge in [-0.05, 0) is 18.2 Å². The maximum Gasteiger partial charge on any atom is 0.357 e. The first-order valence-corrected chi connectivity index (χ1v) is 5.56. The van der Waals surface area contributed by atoms with Crippen molar-refractivity contribution < 1.29 is 22.5 Å². The van der Waals surface area contributed by atoms with Crippen molar-refractivity contribution in [2.75, 3.05) is 0 Å². The molecule has 0 saturated carbocycles. The molecule has 1 heterocycles. The fourth-order valence-electron chi connectivity index (χ4n) is 1.26. The monoisotopic (exact) mass is 242 g/mol. The highest BCUT2D eigenvalue weighted by Crippen LogP contribution is 2.20. The summed E-state index contributed by atoms with van der Waals surface area (Å²) in [5.41, 5.74) is -1.14. The Morgan fingerprint density at radius 3 is 2.50 bits per heavy atom. The van der Waals surface area contributed by atoms with Crippen molar-refractivity contribution in [1.82, 2.24) is 0 Å². The third-order valence-electron chi connectivity index (χ3n) is 1.97. The molecule has 7 heteroatoms. The lowest BCUT2D eigenvalue weighted by Crippen LogP contribution is -2.12. The molecular formula is C9H6O6S. The molecule has 0 aliphatic carbocycles. The van der Waals surface area contributed by atoms with E-state index >= 15 is 0 Å². The Morgan fingerprint density at radius 1 is 1.19 bits per heavy atom. The van der Waals surface area contributed by atoms with Crippen molar-refractivity contribution in [2.24, 2.45) is 0 Å². The van der Waals surface area contributed by atoms with E-state index in [4.69, 9.17) is 9.66 Å². The summed E-state index contributed by atoms with van der Waals surface area (Å²) < 4.78 is 35.0. The molecule has 0 aliphatic rings. The Morgan fingerprint density at radius 2 is 1.88 bits per heavy atom. The minimum Gasteiger partial charge on any atom is -0.508 e. The quantitative estimate of drug-likeness (QED) is 0.564. The highest BCUT2D eigenvalue weighted by molar-refractivity contribution is 7.85. The summed E-state index contributed by atoms with van der Waals surface area (Å²) in [5.74, 6) is -0.116. The van der Waals surface area contributed by atoms with E-state index in [1.807, 2.05) is 0 Å². The number of hydrogen-bond acceptors (Lipinski definition) is 5. The SMILES string of the molecule is O=c1oc2cc(O)ccc2cc1S(=O)(=O)O. The molecule has 0 aliphatic heterocycles. The van der Waals surface area contributed by atoms with Gasteiger partial charge in [0.2, 0.25) is 0 Å². The molecule has 0 bridgehead atoms. The lowest BCUT2D eigenvalue weighted by atomic mass is 10.2. The van der Waals surface area contributed by atoms with Crippen LogP contribution in [0.2, 0.25) is 0 Å². The van der Waals surface area contributed by atoms with Gasteiger partial charge in [-0.2, -0.15) is 8.42 Å². The van der Waals surface area contributed by atoms with Gasteiger partial charge in [0.15, 0.2) is 4.90 Å². The first-order valence-electron chi connectivity index (χ1n) is 4.12. The van der Waals surface area contributed by atoms with E-state index < -0.39 is 20.6 Å². The third kappa shape index (κ3) is 1.77. The second kappa shape index (κ2) is 3.32. The van der Waals surface area contributed by atoms with Gasteiger partial charge < -0.3 is 9.52 Å². The summed E-state index contributed by atoms with van der Waals surface area (Å²) in [5, 5.41) is 9.40. The Labute approximate surface area is 89.5 Å². The van der Waals surface area contributed by atoms with Crippen LogP contribution in [0.15, 0.2) is 38.4 Å². The fraction of sp³-hybridized carbons (Fsp3) is 0. The molecule has 0 fully saturated rings. The summed E-state index contributed by atoms with van der Waals surface area (Å²) >= 11 is 0. The highest BCUT2D eigenvalue weighted by atomic mass is 32.2. The van der Waals surface area contributed by atoms with Crippen LogP contribution >= 0.6 is 0 Å². The fourth-order valence-corrected chi connectivity index (χ4v) is 1.79. The number of phenolic OH excluding ortho intramolecular Hbond substituents is 1. The lowest BCUT2D eigenvalue weighted by Gasteiger charge is -1.99. The minimum atomic E-state index is -4.60. The molecule has 0 atom stereocenters. The minimum absolute atomic E-state index is 0.0393. The third-order valence-corrected chi connectivity index (χ3v) is 2.81. The van der Waals surface area contributed by atoms with Crippen molar-refractivity contribution in [3.05, 3.63) is 34.7 Å². The Kier molecular flexibility index (Phi) is 2.21. The first-order chi connectivity index (χ1) is 7.38. The molecule has 6 nitrogen and oxygen atoms in total. The van der Waals surface area contributed by atoms with Gasteiger partial charge in [-0.3, -0.25) is 4.55 Å². The molecule has 0 spiro atoms. The number of benzene rings is 1. The van der Waals surface area contributed by atoms with E-state index in [0.29, 0.717) is 0 Å². The van der Waals surface area contributed by atoms with E-state index in [1.54, 1.807) is 0 Å². The number of aromatic hydroxyl groups is 1. The van der Waals surface area contributed by atoms with Gasteiger partial charge >= 0.3 is 15.7 Å². The molecule has 84 valence electrons. The van der Waals surface area contributed by atoms with Crippen LogP contribution in [0.4, 0.5) is 0 Å². The zero-order chi connectivity index (χ0) is 11.9. The van der Waals surface area contributed by atoms with Crippen LogP contribution in [0, 0.1) is 0 Å². The number of hydrogen-bond donors (Lipinski definition) is 2. The molecule has 0 radical (unpaired) electrons. The smallest absolute Gasteiger partial charge is 0.357 e. The molecule has 0 amide bonds. The van der Waals surface area contributed by atoms with E-state index in [0.717, 1.165) is 6.07 Å². The average molecular weight is 242 g/mol. The molecule has 0 saturated heterocycles. The van der Waals surface area contributed by atoms with Crippen LogP contribution in [0.25, 0.3) is 11.0 Å². The number of rotatable bonds is 1. The van der Waals surface area contributed by atoms with Gasteiger partial charge in [0.1, 0.15) is 11.3 Å². The van der Waals surface area contributed by atoms with E-state index in [-0.39, 0.29) is 16.7 Å². The predicted molar refractivity (Wildman–Crippen MR) is 54.0 cm³/mol. The van der Waals surface area contributed by atoms with Crippen molar-refractivity contribution in [3.63, 3.8) is 0 Å². The molecule has 2 rings (SSSR count). The van der Waals surface area contributed by atoms with Crippen molar-refractivity contribution in [1.29, 1.82) is 0 Å². The first kappa shape index (κ1) is 10.7. The topological polar surface area (TPSA) is 105 Å². The summed E-state index contributed by atoms with van der Waals surface area (Å²) in [6.45, 7) is 0. The van der Waals surface area contributed by atoms with Crippen LogP contribution in [-0.2, 0) is 10.1 Å². The van der Waals surface area contributed by atoms with Crippen molar-refractivity contribution in [3.8, 4) is 5.75 Å². The van der Waals surface area contributed by atoms with Crippen LogP contribution in [0.1, 0.15) is 0 Å². The highest BCUT2D eigenvalue weighted by Gasteiger charge is 2.17. The maximum atomic E-state index is 11.2. The largest absolute Gasteiger partial charge is 0.508 e. The van der Waals surface area contributed by atoms with Gasteiger partial charge in [0, 0.05) is 11.5 Å². The molecular weight excluding hydrogens is 236 g/mol. The van der Waals surface area contributed by atoms with Crippen molar-refractivity contribution >= 4 is 21.1 Å². The molecule has 2 N–H and O–H groups in total. The summed E-state index contributed by atoms with van der Waals surface area (Å²) in [6.07, 6.45) is 0. The van der Waals surface area contributed by atoms with Crippen LogP contribution in [0.3, 0.4) is 0 Å². The number of fused-ring (bicyclic) bond motifs is 1. The molecule has 0 unspecified atom stereocenters. The summed E-state index contributed by atoms with van der Waals surface area (Å²) in [6, 6.07) is 4.82. The van der Waals surface area contributed by atoms with E-state index in [1.165, 1.54) is 18.2 Å². The van der Waals surface area contributed by atoms with Crippen LogP contribution < -0.4 is 5.63 Å². The lowest BCUT2D eigenvalue weighted by molar-refractivity contribution is 0.466. The number of phenols is 1. The maximum absolute atomic E-state index is 11.2. The van der Waals surface area contributed by atoms with E-state index in [9.17, 15) is 13.2 Å². The van der Waals surface area contributed by atoms with Crippen LogP contribution in [0.5, 0.6) is 5.75 Å². The van der Waals surface area contributed by atoms with Crippen molar-refractivity contribution in [2.45, 2.75) is 4.90 Å². The van der Waals surface area contributed by atoms with Gasteiger partial charge in [0.25, 0.3) is 0 Å². The molecule has 1 aromatic heterocycles. The summed E-state index contributed by atoms with van der Waals surface area (Å²) in [4.78, 5) is 10.4. The van der Waals surface area contributed by atoms with Gasteiger partial charge in [0.05, 0.1) is 0 Å². The average Bonchev–Trinajstić information content (AvgIpc) is 2.14. The molecule has 16 heavy (non-hydrogen) atoms. The van der Waals surface area contributed by atoms with Crippen LogP contribution in [-0.4, -0.2) is 18.1 Å². The molecule has 1 aromatic carbocycles. The molecule has 2 aromatic rings. The second-order valence-corrected chi connectivity index (χ2v) is 4.49. The predicted octanol–water partition coefficient (Wildman–Crippen LogP) is 0.745. The Balaban J connectivity index is 2.88. The second-order valence-electron chi connectivity index (χ2n) is 3.10. The van der Waals surface area contributed by atoms with Gasteiger partial charge in [-0.15, -0.1) is 0 Å².